The number of nitrogens with one attached hydrogen (secondary N) is 1. The fourth-order valence-electron chi connectivity index (χ4n) is 2.77. The second-order valence-electron chi connectivity index (χ2n) is 6.50. The molecule has 0 aliphatic heterocycles. The Labute approximate surface area is 198 Å². The Hall–Kier alpha value is -3.23. The van der Waals surface area contributed by atoms with Gasteiger partial charge in [0.15, 0.2) is 23.0 Å². The summed E-state index contributed by atoms with van der Waals surface area (Å²) in [6.07, 6.45) is 1.47. The second-order valence-corrected chi connectivity index (χ2v) is 7.76. The number of nitrogens with zero attached hydrogens (tertiary/aromatic N) is 1. The van der Waals surface area contributed by atoms with E-state index in [-0.39, 0.29) is 18.1 Å². The van der Waals surface area contributed by atoms with Crippen molar-refractivity contribution in [2.24, 2.45) is 5.10 Å². The van der Waals surface area contributed by atoms with Crippen LogP contribution in [0.2, 0.25) is 5.02 Å². The summed E-state index contributed by atoms with van der Waals surface area (Å²) in [6, 6.07) is 15.2. The van der Waals surface area contributed by atoms with Gasteiger partial charge in [0.25, 0.3) is 5.91 Å². The highest BCUT2D eigenvalue weighted by atomic mass is 79.9. The summed E-state index contributed by atoms with van der Waals surface area (Å²) in [7, 11) is 2.94. The van der Waals surface area contributed by atoms with Gasteiger partial charge in [-0.15, -0.1) is 0 Å². The molecule has 32 heavy (non-hydrogen) atoms. The van der Waals surface area contributed by atoms with E-state index in [0.29, 0.717) is 32.1 Å². The number of benzene rings is 3. The van der Waals surface area contributed by atoms with Crippen molar-refractivity contribution in [1.29, 1.82) is 0 Å². The van der Waals surface area contributed by atoms with Gasteiger partial charge in [0.1, 0.15) is 6.61 Å². The first-order valence-electron chi connectivity index (χ1n) is 9.37. The van der Waals surface area contributed by atoms with Gasteiger partial charge in [-0.05, 0) is 57.9 Å². The minimum Gasteiger partial charge on any atom is -0.504 e. The molecule has 0 heterocycles. The van der Waals surface area contributed by atoms with Crippen LogP contribution in [0.5, 0.6) is 23.0 Å². The lowest BCUT2D eigenvalue weighted by molar-refractivity contribution is 0.0954. The Kier molecular flexibility index (Phi) is 7.97. The number of phenols is 1. The third-order valence-corrected chi connectivity index (χ3v) is 5.36. The largest absolute Gasteiger partial charge is 0.504 e. The lowest BCUT2D eigenvalue weighted by atomic mass is 10.2. The van der Waals surface area contributed by atoms with Crippen LogP contribution in [0, 0.1) is 0 Å². The monoisotopic (exact) mass is 518 g/mol. The summed E-state index contributed by atoms with van der Waals surface area (Å²) >= 11 is 9.67. The quantitative estimate of drug-likeness (QED) is 0.317. The zero-order chi connectivity index (χ0) is 23.1. The molecule has 3 rings (SSSR count). The van der Waals surface area contributed by atoms with Gasteiger partial charge in [0, 0.05) is 16.1 Å². The van der Waals surface area contributed by atoms with Crippen molar-refractivity contribution >= 4 is 39.7 Å². The Bertz CT molecular complexity index is 1150. The molecule has 0 spiro atoms. The van der Waals surface area contributed by atoms with Crippen LogP contribution >= 0.6 is 27.5 Å². The van der Waals surface area contributed by atoms with Gasteiger partial charge in [-0.25, -0.2) is 5.43 Å². The molecule has 0 radical (unpaired) electrons. The van der Waals surface area contributed by atoms with E-state index < -0.39 is 5.91 Å². The topological polar surface area (TPSA) is 89.4 Å². The Balaban J connectivity index is 1.70. The Morgan fingerprint density at radius 2 is 1.88 bits per heavy atom. The first-order valence-corrected chi connectivity index (χ1v) is 10.5. The van der Waals surface area contributed by atoms with E-state index in [2.05, 4.69) is 26.5 Å². The minimum atomic E-state index is -0.453. The predicted octanol–water partition coefficient (Wildman–Crippen LogP) is 5.17. The maximum atomic E-state index is 12.3. The number of carbonyl (C=O) groups excluding carboxylic acids is 1. The van der Waals surface area contributed by atoms with Crippen LogP contribution in [0.4, 0.5) is 0 Å². The number of aromatic hydroxyl groups is 1. The molecule has 3 aromatic rings. The van der Waals surface area contributed by atoms with Crippen LogP contribution < -0.4 is 19.6 Å². The summed E-state index contributed by atoms with van der Waals surface area (Å²) in [5.74, 6) is 0.696. The standard InChI is InChI=1S/C23H20BrClN2O5/c1-30-20-11-15(7-8-19(20)28)23(29)27-26-12-14-9-17(24)22(21(10-14)31-2)32-13-16-5-3-4-6-18(16)25/h3-12,28H,13H2,1-2H3,(H,27,29)/b26-12+. The van der Waals surface area contributed by atoms with Crippen molar-refractivity contribution in [3.8, 4) is 23.0 Å². The molecule has 7 nitrogen and oxygen atoms in total. The highest BCUT2D eigenvalue weighted by Crippen LogP contribution is 2.37. The number of rotatable bonds is 8. The molecule has 0 bridgehead atoms. The normalized spacial score (nSPS) is 10.8. The molecule has 2 N–H and O–H groups in total. The molecule has 166 valence electrons. The van der Waals surface area contributed by atoms with Gasteiger partial charge >= 0.3 is 0 Å². The van der Waals surface area contributed by atoms with Gasteiger partial charge in [0.05, 0.1) is 24.9 Å². The first kappa shape index (κ1) is 23.4. The molecule has 0 saturated carbocycles. The maximum Gasteiger partial charge on any atom is 0.271 e. The smallest absolute Gasteiger partial charge is 0.271 e. The highest BCUT2D eigenvalue weighted by Gasteiger charge is 2.13. The molecular formula is C23H20BrClN2O5. The molecule has 0 fully saturated rings. The van der Waals surface area contributed by atoms with Crippen LogP contribution in [-0.4, -0.2) is 31.4 Å². The number of phenolic OH excluding ortho intramolecular Hbond substituents is 1. The second kappa shape index (κ2) is 10.9. The van der Waals surface area contributed by atoms with E-state index in [1.54, 1.807) is 18.2 Å². The molecule has 3 aromatic carbocycles. The van der Waals surface area contributed by atoms with Crippen molar-refractivity contribution in [3.05, 3.63) is 80.8 Å². The molecule has 0 aliphatic rings. The SMILES string of the molecule is COc1cc(C(=O)N/N=C/c2cc(Br)c(OCc3ccccc3Cl)c(OC)c2)ccc1O. The lowest BCUT2D eigenvalue weighted by Crippen LogP contribution is -2.17. The van der Waals surface area contributed by atoms with Crippen molar-refractivity contribution in [2.75, 3.05) is 14.2 Å². The van der Waals surface area contributed by atoms with E-state index in [0.717, 1.165) is 5.56 Å². The molecule has 0 atom stereocenters. The third-order valence-electron chi connectivity index (χ3n) is 4.40. The minimum absolute atomic E-state index is 0.0543. The van der Waals surface area contributed by atoms with E-state index >= 15 is 0 Å². The van der Waals surface area contributed by atoms with E-state index in [4.69, 9.17) is 25.8 Å². The number of hydrazone groups is 1. The molecule has 0 aliphatic carbocycles. The Morgan fingerprint density at radius 3 is 2.59 bits per heavy atom. The average molecular weight is 520 g/mol. The molecule has 1 amide bonds. The van der Waals surface area contributed by atoms with Crippen molar-refractivity contribution in [2.45, 2.75) is 6.61 Å². The number of hydrogen-bond donors (Lipinski definition) is 2. The lowest BCUT2D eigenvalue weighted by Gasteiger charge is -2.14. The van der Waals surface area contributed by atoms with Crippen molar-refractivity contribution in [1.82, 2.24) is 5.43 Å². The Morgan fingerprint density at radius 1 is 1.12 bits per heavy atom. The molecule has 9 heteroatoms. The number of ether oxygens (including phenoxy) is 3. The number of amides is 1. The van der Waals surface area contributed by atoms with E-state index in [9.17, 15) is 9.90 Å². The van der Waals surface area contributed by atoms with E-state index in [1.807, 2.05) is 18.2 Å². The number of carbonyl (C=O) groups is 1. The zero-order valence-electron chi connectivity index (χ0n) is 17.3. The fraction of sp³-hybridized carbons (Fsp3) is 0.130. The summed E-state index contributed by atoms with van der Waals surface area (Å²) in [5.41, 5.74) is 4.24. The van der Waals surface area contributed by atoms with Gasteiger partial charge in [-0.1, -0.05) is 29.8 Å². The third kappa shape index (κ3) is 5.72. The van der Waals surface area contributed by atoms with Crippen LogP contribution in [0.1, 0.15) is 21.5 Å². The van der Waals surface area contributed by atoms with E-state index in [1.165, 1.54) is 38.6 Å². The molecule has 0 aromatic heterocycles. The van der Waals surface area contributed by atoms with Gasteiger partial charge in [0.2, 0.25) is 0 Å². The van der Waals surface area contributed by atoms with Crippen LogP contribution in [0.3, 0.4) is 0 Å². The van der Waals surface area contributed by atoms with Gasteiger partial charge in [-0.3, -0.25) is 4.79 Å². The summed E-state index contributed by atoms with van der Waals surface area (Å²) in [6.45, 7) is 0.272. The van der Waals surface area contributed by atoms with Crippen LogP contribution in [0.15, 0.2) is 64.2 Å². The highest BCUT2D eigenvalue weighted by molar-refractivity contribution is 9.10. The van der Waals surface area contributed by atoms with Crippen molar-refractivity contribution < 1.29 is 24.1 Å². The summed E-state index contributed by atoms with van der Waals surface area (Å²) in [4.78, 5) is 12.3. The maximum absolute atomic E-state index is 12.3. The molecule has 0 unspecified atom stereocenters. The van der Waals surface area contributed by atoms with Crippen LogP contribution in [0.25, 0.3) is 0 Å². The molecular weight excluding hydrogens is 500 g/mol. The number of halogens is 2. The predicted molar refractivity (Wildman–Crippen MR) is 126 cm³/mol. The molecule has 0 saturated heterocycles. The summed E-state index contributed by atoms with van der Waals surface area (Å²) < 4.78 is 17.0. The van der Waals surface area contributed by atoms with Gasteiger partial charge in [-0.2, -0.15) is 5.10 Å². The number of hydrogen-bond acceptors (Lipinski definition) is 6. The van der Waals surface area contributed by atoms with Crippen LogP contribution in [-0.2, 0) is 6.61 Å². The zero-order valence-corrected chi connectivity index (χ0v) is 19.6. The fourth-order valence-corrected chi connectivity index (χ4v) is 3.53. The number of methoxy groups -OCH3 is 2. The first-order chi connectivity index (χ1) is 15.4. The summed E-state index contributed by atoms with van der Waals surface area (Å²) in [5, 5.41) is 14.2. The van der Waals surface area contributed by atoms with Gasteiger partial charge < -0.3 is 19.3 Å². The average Bonchev–Trinajstić information content (AvgIpc) is 2.79. The van der Waals surface area contributed by atoms with Crippen molar-refractivity contribution in [3.63, 3.8) is 0 Å².